The highest BCUT2D eigenvalue weighted by molar-refractivity contribution is 6.31. The molecule has 3 aromatic rings. The second-order valence-corrected chi connectivity index (χ2v) is 7.60. The number of aliphatic imine (C=N–C) groups is 2. The Kier molecular flexibility index (Phi) is 5.85. The summed E-state index contributed by atoms with van der Waals surface area (Å²) in [7, 11) is 0. The van der Waals surface area contributed by atoms with Crippen molar-refractivity contribution < 1.29 is 0 Å². The Morgan fingerprint density at radius 1 is 0.778 bits per heavy atom. The predicted octanol–water partition coefficient (Wildman–Crippen LogP) is 7.58. The molecule has 0 aromatic heterocycles. The fourth-order valence-electron chi connectivity index (χ4n) is 3.34. The summed E-state index contributed by atoms with van der Waals surface area (Å²) in [5, 5.41) is 2.37. The standard InChI is InChI=1S/C25H28N2/c1-17(2)21-13-9-14-22(18(3)4)25(21)26-16-19(5)27-24-15-8-11-20-10-6-7-12-23(20)24/h6-18H,1-5H3. The first-order chi connectivity index (χ1) is 13.0. The smallest absolute Gasteiger partial charge is 0.0711 e. The first-order valence-electron chi connectivity index (χ1n) is 9.67. The molecule has 0 spiro atoms. The Morgan fingerprint density at radius 2 is 1.37 bits per heavy atom. The lowest BCUT2D eigenvalue weighted by molar-refractivity contribution is 0.835. The first-order valence-corrected chi connectivity index (χ1v) is 9.67. The molecule has 0 aliphatic heterocycles. The molecule has 0 aliphatic carbocycles. The van der Waals surface area contributed by atoms with E-state index in [0.717, 1.165) is 17.1 Å². The molecule has 2 heteroatoms. The lowest BCUT2D eigenvalue weighted by Gasteiger charge is -2.16. The second kappa shape index (κ2) is 8.30. The van der Waals surface area contributed by atoms with Gasteiger partial charge in [-0.05, 0) is 41.3 Å². The summed E-state index contributed by atoms with van der Waals surface area (Å²) in [6.45, 7) is 10.9. The lowest BCUT2D eigenvalue weighted by Crippen LogP contribution is -1.97. The van der Waals surface area contributed by atoms with Crippen molar-refractivity contribution in [2.24, 2.45) is 9.98 Å². The molecule has 0 amide bonds. The van der Waals surface area contributed by atoms with Gasteiger partial charge in [-0.25, -0.2) is 0 Å². The monoisotopic (exact) mass is 356 g/mol. The highest BCUT2D eigenvalue weighted by Crippen LogP contribution is 2.34. The van der Waals surface area contributed by atoms with E-state index in [0.29, 0.717) is 11.8 Å². The number of benzene rings is 3. The van der Waals surface area contributed by atoms with Crippen LogP contribution in [0.2, 0.25) is 0 Å². The van der Waals surface area contributed by atoms with Crippen molar-refractivity contribution in [3.8, 4) is 0 Å². The van der Waals surface area contributed by atoms with Crippen molar-refractivity contribution in [2.45, 2.75) is 46.5 Å². The molecule has 0 unspecified atom stereocenters. The van der Waals surface area contributed by atoms with Crippen molar-refractivity contribution in [1.82, 2.24) is 0 Å². The number of hydrogen-bond acceptors (Lipinski definition) is 2. The number of nitrogens with zero attached hydrogens (tertiary/aromatic N) is 2. The van der Waals surface area contributed by atoms with Gasteiger partial charge in [0.2, 0.25) is 0 Å². The average Bonchev–Trinajstić information content (AvgIpc) is 2.66. The zero-order chi connectivity index (χ0) is 19.4. The minimum Gasteiger partial charge on any atom is -0.254 e. The summed E-state index contributed by atoms with van der Waals surface area (Å²) in [5.74, 6) is 0.873. The third kappa shape index (κ3) is 4.33. The van der Waals surface area contributed by atoms with E-state index in [1.54, 1.807) is 0 Å². The molecule has 0 saturated heterocycles. The Labute approximate surface area is 162 Å². The molecule has 2 nitrogen and oxygen atoms in total. The van der Waals surface area contributed by atoms with Crippen LogP contribution in [0.25, 0.3) is 10.8 Å². The van der Waals surface area contributed by atoms with Gasteiger partial charge in [-0.1, -0.05) is 82.3 Å². The van der Waals surface area contributed by atoms with E-state index in [-0.39, 0.29) is 0 Å². The van der Waals surface area contributed by atoms with Crippen molar-refractivity contribution in [1.29, 1.82) is 0 Å². The van der Waals surface area contributed by atoms with Gasteiger partial charge in [-0.15, -0.1) is 0 Å². The minimum absolute atomic E-state index is 0.436. The summed E-state index contributed by atoms with van der Waals surface area (Å²) in [5.41, 5.74) is 5.55. The van der Waals surface area contributed by atoms with Crippen LogP contribution < -0.4 is 0 Å². The Hall–Kier alpha value is -2.74. The van der Waals surface area contributed by atoms with Gasteiger partial charge in [0.1, 0.15) is 0 Å². The molecule has 0 heterocycles. The van der Waals surface area contributed by atoms with Crippen LogP contribution in [-0.2, 0) is 0 Å². The van der Waals surface area contributed by atoms with Crippen molar-refractivity contribution in [2.75, 3.05) is 0 Å². The maximum Gasteiger partial charge on any atom is 0.0711 e. The van der Waals surface area contributed by atoms with Crippen molar-refractivity contribution in [3.63, 3.8) is 0 Å². The zero-order valence-electron chi connectivity index (χ0n) is 16.9. The summed E-state index contributed by atoms with van der Waals surface area (Å²) in [4.78, 5) is 9.69. The maximum atomic E-state index is 4.87. The highest BCUT2D eigenvalue weighted by atomic mass is 14.8. The molecule has 0 saturated carbocycles. The average molecular weight is 357 g/mol. The first kappa shape index (κ1) is 19.0. The fourth-order valence-corrected chi connectivity index (χ4v) is 3.34. The van der Waals surface area contributed by atoms with Crippen LogP contribution in [0.15, 0.2) is 70.6 Å². The largest absolute Gasteiger partial charge is 0.254 e. The summed E-state index contributed by atoms with van der Waals surface area (Å²) in [6, 6.07) is 21.1. The molecule has 27 heavy (non-hydrogen) atoms. The molecular weight excluding hydrogens is 328 g/mol. The van der Waals surface area contributed by atoms with Crippen molar-refractivity contribution in [3.05, 3.63) is 71.8 Å². The third-order valence-electron chi connectivity index (χ3n) is 4.79. The van der Waals surface area contributed by atoms with E-state index in [2.05, 4.69) is 88.4 Å². The van der Waals surface area contributed by atoms with Crippen LogP contribution in [0.4, 0.5) is 11.4 Å². The van der Waals surface area contributed by atoms with Crippen LogP contribution in [0.3, 0.4) is 0 Å². The number of hydrogen-bond donors (Lipinski definition) is 0. The summed E-state index contributed by atoms with van der Waals surface area (Å²) in [6.07, 6.45) is 1.90. The minimum atomic E-state index is 0.436. The quantitative estimate of drug-likeness (QED) is 0.421. The van der Waals surface area contributed by atoms with Gasteiger partial charge in [0.15, 0.2) is 0 Å². The Bertz CT molecular complexity index is 963. The van der Waals surface area contributed by atoms with Gasteiger partial charge in [0.25, 0.3) is 0 Å². The van der Waals surface area contributed by atoms with Crippen LogP contribution in [0, 0.1) is 0 Å². The molecule has 0 aliphatic rings. The second-order valence-electron chi connectivity index (χ2n) is 7.60. The van der Waals surface area contributed by atoms with Gasteiger partial charge in [-0.3, -0.25) is 9.98 Å². The van der Waals surface area contributed by atoms with E-state index < -0.39 is 0 Å². The molecule has 0 atom stereocenters. The molecule has 3 aromatic carbocycles. The SMILES string of the molecule is CC(C=Nc1c(C(C)C)cccc1C(C)C)=Nc1cccc2ccccc12. The molecule has 0 bridgehead atoms. The fraction of sp³-hybridized carbons (Fsp3) is 0.280. The summed E-state index contributed by atoms with van der Waals surface area (Å²) >= 11 is 0. The normalized spacial score (nSPS) is 12.6. The topological polar surface area (TPSA) is 24.7 Å². The lowest BCUT2D eigenvalue weighted by atomic mass is 9.93. The predicted molar refractivity (Wildman–Crippen MR) is 119 cm³/mol. The van der Waals surface area contributed by atoms with Crippen LogP contribution in [0.5, 0.6) is 0 Å². The third-order valence-corrected chi connectivity index (χ3v) is 4.79. The maximum absolute atomic E-state index is 4.87. The molecular formula is C25H28N2. The summed E-state index contributed by atoms with van der Waals surface area (Å²) < 4.78 is 0. The van der Waals surface area contributed by atoms with E-state index in [9.17, 15) is 0 Å². The van der Waals surface area contributed by atoms with Gasteiger partial charge in [-0.2, -0.15) is 0 Å². The zero-order valence-corrected chi connectivity index (χ0v) is 16.9. The molecule has 0 N–H and O–H groups in total. The number of para-hydroxylation sites is 1. The van der Waals surface area contributed by atoms with Crippen LogP contribution >= 0.6 is 0 Å². The molecule has 0 fully saturated rings. The highest BCUT2D eigenvalue weighted by Gasteiger charge is 2.12. The Morgan fingerprint density at radius 3 is 2.04 bits per heavy atom. The molecule has 0 radical (unpaired) electrons. The van der Waals surface area contributed by atoms with Gasteiger partial charge >= 0.3 is 0 Å². The Balaban J connectivity index is 2.00. The number of rotatable bonds is 5. The molecule has 138 valence electrons. The van der Waals surface area contributed by atoms with Crippen LogP contribution in [-0.4, -0.2) is 11.9 Å². The van der Waals surface area contributed by atoms with E-state index >= 15 is 0 Å². The van der Waals surface area contributed by atoms with E-state index in [4.69, 9.17) is 9.98 Å². The van der Waals surface area contributed by atoms with Crippen LogP contribution in [0.1, 0.15) is 57.6 Å². The number of fused-ring (bicyclic) bond motifs is 1. The van der Waals surface area contributed by atoms with Crippen molar-refractivity contribution >= 4 is 34.1 Å². The van der Waals surface area contributed by atoms with Gasteiger partial charge in [0.05, 0.1) is 17.1 Å². The van der Waals surface area contributed by atoms with E-state index in [1.165, 1.54) is 21.9 Å². The van der Waals surface area contributed by atoms with Gasteiger partial charge in [0, 0.05) is 11.6 Å². The molecule has 3 rings (SSSR count). The van der Waals surface area contributed by atoms with E-state index in [1.807, 2.05) is 13.1 Å². The van der Waals surface area contributed by atoms with Gasteiger partial charge < -0.3 is 0 Å².